The number of rotatable bonds is 1. The van der Waals surface area contributed by atoms with Crippen LogP contribution in [0.1, 0.15) is 0 Å². The first-order chi connectivity index (χ1) is 2.94. The molecule has 0 N–H and O–H groups in total. The van der Waals surface area contributed by atoms with Crippen molar-refractivity contribution in [2.45, 2.75) is 9.88 Å². The Labute approximate surface area is 77.1 Å². The molecule has 0 aliphatic carbocycles. The minimum atomic E-state index is -3.78. The van der Waals surface area contributed by atoms with Crippen LogP contribution in [-0.4, -0.2) is 31.3 Å². The number of hydrogen-bond donors (Lipinski definition) is 0. The van der Waals surface area contributed by atoms with Gasteiger partial charge in [0.05, 0.1) is 0 Å². The maximum absolute atomic E-state index is 9.87. The molecule has 0 aromatic rings. The van der Waals surface area contributed by atoms with Gasteiger partial charge in [0.2, 0.25) is 0 Å². The van der Waals surface area contributed by atoms with Crippen LogP contribution in [0.5, 0.6) is 0 Å². The van der Waals surface area contributed by atoms with E-state index in [1.54, 1.807) is 9.88 Å². The minimum absolute atomic E-state index is 0. The standard InChI is InChI=1S/2CH3.Na.O3S.Sn.H/c;;;1-4(2)3;;/h2*1H3;;;;/q;;+1;-1;;. The van der Waals surface area contributed by atoms with Gasteiger partial charge in [-0.15, -0.1) is 0 Å². The van der Waals surface area contributed by atoms with Gasteiger partial charge < -0.3 is 0 Å². The van der Waals surface area contributed by atoms with Crippen molar-refractivity contribution in [1.29, 1.82) is 0 Å². The molecule has 8 heavy (non-hydrogen) atoms. The maximum Gasteiger partial charge on any atom is 1.00 e. The van der Waals surface area contributed by atoms with E-state index in [-0.39, 0.29) is 29.6 Å². The molecule has 44 valence electrons. The summed E-state index contributed by atoms with van der Waals surface area (Å²) in [5.41, 5.74) is 0. The second-order valence-electron chi connectivity index (χ2n) is 1.54. The predicted octanol–water partition coefficient (Wildman–Crippen LogP) is -3.48. The molecule has 0 fully saturated rings. The predicted molar refractivity (Wildman–Crippen MR) is 28.6 cm³/mol. The van der Waals surface area contributed by atoms with Gasteiger partial charge in [-0.25, -0.2) is 0 Å². The minimum Gasteiger partial charge on any atom is 1.00 e. The van der Waals surface area contributed by atoms with Gasteiger partial charge in [0, 0.05) is 0 Å². The van der Waals surface area contributed by atoms with Crippen molar-refractivity contribution in [1.82, 2.24) is 0 Å². The van der Waals surface area contributed by atoms with E-state index >= 15 is 0 Å². The molecule has 6 heteroatoms. The summed E-state index contributed by atoms with van der Waals surface area (Å²) in [5.74, 6) is 0. The van der Waals surface area contributed by atoms with Gasteiger partial charge in [0.15, 0.2) is 0 Å². The zero-order valence-corrected chi connectivity index (χ0v) is 11.3. The van der Waals surface area contributed by atoms with Gasteiger partial charge in [0.1, 0.15) is 0 Å². The molecule has 0 heterocycles. The van der Waals surface area contributed by atoms with Crippen LogP contribution in [0.15, 0.2) is 0 Å². The second-order valence-corrected chi connectivity index (χ2v) is 19.8. The van der Waals surface area contributed by atoms with E-state index in [1.165, 1.54) is 0 Å². The summed E-state index contributed by atoms with van der Waals surface area (Å²) in [6.45, 7) is 0. The quantitative estimate of drug-likeness (QED) is 0.360. The number of hydrogen-bond acceptors (Lipinski definition) is 3. The first-order valence-electron chi connectivity index (χ1n) is 1.89. The molecule has 0 radical (unpaired) electrons. The molecule has 0 spiro atoms. The summed E-state index contributed by atoms with van der Waals surface area (Å²) in [4.78, 5) is 3.12. The zero-order valence-electron chi connectivity index (χ0n) is 5.21. The van der Waals surface area contributed by atoms with Crippen molar-refractivity contribution in [2.24, 2.45) is 0 Å². The average molecular weight is 253 g/mol. The summed E-state index contributed by atoms with van der Waals surface area (Å²) in [6, 6.07) is 0. The molecular weight excluding hydrogens is 246 g/mol. The van der Waals surface area contributed by atoms with E-state index in [4.69, 9.17) is 0 Å². The van der Waals surface area contributed by atoms with Gasteiger partial charge in [0.25, 0.3) is 0 Å². The molecule has 0 atom stereocenters. The zero-order chi connectivity index (χ0) is 6.08. The van der Waals surface area contributed by atoms with Crippen LogP contribution in [0.25, 0.3) is 0 Å². The molecule has 0 amide bonds. The fourth-order valence-corrected chi connectivity index (χ4v) is 0. The van der Waals surface area contributed by atoms with Crippen molar-refractivity contribution in [3.05, 3.63) is 0 Å². The Morgan fingerprint density at radius 3 is 1.50 bits per heavy atom. The van der Waals surface area contributed by atoms with Crippen LogP contribution in [-0.2, 0) is 7.30 Å². The van der Waals surface area contributed by atoms with Crippen molar-refractivity contribution in [3.8, 4) is 0 Å². The summed E-state index contributed by atoms with van der Waals surface area (Å²) in [6.07, 6.45) is 0. The Morgan fingerprint density at radius 1 is 1.38 bits per heavy atom. The van der Waals surface area contributed by atoms with Gasteiger partial charge >= 0.3 is 78.1 Å². The molecule has 0 aliphatic rings. The Kier molecular flexibility index (Phi) is 6.99. The van der Waals surface area contributed by atoms with E-state index in [1.807, 2.05) is 0 Å². The van der Waals surface area contributed by atoms with Crippen LogP contribution in [0.2, 0.25) is 9.88 Å². The van der Waals surface area contributed by atoms with Crippen LogP contribution in [0.4, 0.5) is 0 Å². The van der Waals surface area contributed by atoms with Crippen molar-refractivity contribution < 1.29 is 42.5 Å². The second kappa shape index (κ2) is 4.51. The molecule has 0 unspecified atom stereocenters. The van der Waals surface area contributed by atoms with Crippen molar-refractivity contribution >= 4 is 25.7 Å². The van der Waals surface area contributed by atoms with Crippen molar-refractivity contribution in [2.75, 3.05) is 0 Å². The van der Waals surface area contributed by atoms with E-state index in [2.05, 4.69) is 0 Å². The van der Waals surface area contributed by atoms with Gasteiger partial charge in [-0.3, -0.25) is 0 Å². The topological polar surface area (TPSA) is 57.2 Å². The van der Waals surface area contributed by atoms with Crippen molar-refractivity contribution in [3.63, 3.8) is 0 Å². The third-order valence-corrected chi connectivity index (χ3v) is 11.6. The van der Waals surface area contributed by atoms with Gasteiger partial charge in [-0.2, -0.15) is 0 Å². The summed E-state index contributed by atoms with van der Waals surface area (Å²) >= 11 is -2.53. The first kappa shape index (κ1) is 12.4. The Balaban J connectivity index is 0. The van der Waals surface area contributed by atoms with E-state index in [9.17, 15) is 13.0 Å². The molecule has 0 saturated carbocycles. The first-order valence-corrected chi connectivity index (χ1v) is 14.0. The third-order valence-electron chi connectivity index (χ3n) is 0.577. The molecule has 3 nitrogen and oxygen atoms in total. The third kappa shape index (κ3) is 5.84. The molecular formula is C2H7NaO3SSn. The van der Waals surface area contributed by atoms with E-state index in [0.717, 1.165) is 0 Å². The molecule has 0 aliphatic heterocycles. The maximum atomic E-state index is 9.87. The summed E-state index contributed by atoms with van der Waals surface area (Å²) in [7, 11) is -3.78. The SMILES string of the molecule is [CH3][SnH]([CH3])[S](=O)(=O)[O-].[Na+]. The summed E-state index contributed by atoms with van der Waals surface area (Å²) in [5, 5.41) is 0. The smallest absolute Gasteiger partial charge is 1.00 e. The van der Waals surface area contributed by atoms with E-state index < -0.39 is 25.7 Å². The largest absolute Gasteiger partial charge is 1.00 e. The monoisotopic (exact) mass is 254 g/mol. The fourth-order valence-electron chi connectivity index (χ4n) is 0. The molecule has 0 aromatic heterocycles. The van der Waals surface area contributed by atoms with Crippen LogP contribution in [0.3, 0.4) is 0 Å². The Hall–Kier alpha value is 1.71. The van der Waals surface area contributed by atoms with Gasteiger partial charge in [-0.05, 0) is 0 Å². The summed E-state index contributed by atoms with van der Waals surface area (Å²) < 4.78 is 29.6. The molecule has 0 aromatic carbocycles. The Bertz CT molecular complexity index is 139. The Morgan fingerprint density at radius 2 is 1.50 bits per heavy atom. The van der Waals surface area contributed by atoms with Gasteiger partial charge in [-0.1, -0.05) is 0 Å². The molecule has 0 saturated heterocycles. The average Bonchev–Trinajstić information content (AvgIpc) is 1.31. The van der Waals surface area contributed by atoms with E-state index in [0.29, 0.717) is 0 Å². The molecule has 0 rings (SSSR count). The fraction of sp³-hybridized carbons (Fsp3) is 1.00. The van der Waals surface area contributed by atoms with Crippen LogP contribution >= 0.6 is 0 Å². The van der Waals surface area contributed by atoms with Crippen LogP contribution < -0.4 is 29.6 Å². The normalized spacial score (nSPS) is 11.0. The molecule has 0 bridgehead atoms. The van der Waals surface area contributed by atoms with Crippen LogP contribution in [0, 0.1) is 0 Å².